The number of fused-ring (bicyclic) bond motifs is 3. The van der Waals surface area contributed by atoms with E-state index in [0.717, 1.165) is 0 Å². The minimum Gasteiger partial charge on any atom is -0.325 e. The van der Waals surface area contributed by atoms with Gasteiger partial charge in [0.2, 0.25) is 0 Å². The molecule has 0 saturated carbocycles. The standard InChI is InChI=1S/C14H10N6O/c21-14-8-7-16-20-12(8)13-9(17-14)4-5-11(19-13)18-10-3-1-2-6-15-10/h1-7H,(H,16,20)(H,17,21)(H,15,18,19). The third-order valence-corrected chi connectivity index (χ3v) is 3.19. The van der Waals surface area contributed by atoms with Gasteiger partial charge in [-0.1, -0.05) is 6.07 Å². The van der Waals surface area contributed by atoms with Crippen LogP contribution in [0.15, 0.2) is 47.5 Å². The molecule has 0 aliphatic carbocycles. The maximum Gasteiger partial charge on any atom is 0.259 e. The molecule has 4 heterocycles. The normalized spacial score (nSPS) is 11.0. The van der Waals surface area contributed by atoms with E-state index in [9.17, 15) is 4.79 Å². The summed E-state index contributed by atoms with van der Waals surface area (Å²) < 4.78 is 0. The predicted molar refractivity (Wildman–Crippen MR) is 79.5 cm³/mol. The molecular weight excluding hydrogens is 268 g/mol. The number of pyridine rings is 3. The summed E-state index contributed by atoms with van der Waals surface area (Å²) >= 11 is 0. The largest absolute Gasteiger partial charge is 0.325 e. The Balaban J connectivity index is 1.89. The zero-order chi connectivity index (χ0) is 14.2. The van der Waals surface area contributed by atoms with E-state index in [4.69, 9.17) is 0 Å². The van der Waals surface area contributed by atoms with Crippen molar-refractivity contribution in [2.75, 3.05) is 5.32 Å². The molecule has 0 saturated heterocycles. The first kappa shape index (κ1) is 11.6. The molecule has 3 N–H and O–H groups in total. The molecule has 21 heavy (non-hydrogen) atoms. The first-order valence-electron chi connectivity index (χ1n) is 6.35. The summed E-state index contributed by atoms with van der Waals surface area (Å²) in [4.78, 5) is 23.4. The average Bonchev–Trinajstić information content (AvgIpc) is 3.00. The van der Waals surface area contributed by atoms with E-state index < -0.39 is 0 Å². The number of nitrogens with one attached hydrogen (secondary N) is 3. The number of H-pyrrole nitrogens is 2. The van der Waals surface area contributed by atoms with Crippen LogP contribution in [0.1, 0.15) is 0 Å². The van der Waals surface area contributed by atoms with Crippen LogP contribution in [0.25, 0.3) is 21.9 Å². The minimum absolute atomic E-state index is 0.182. The Labute approximate surface area is 118 Å². The molecule has 0 amide bonds. The molecule has 0 radical (unpaired) electrons. The van der Waals surface area contributed by atoms with Gasteiger partial charge in [-0.05, 0) is 24.3 Å². The van der Waals surface area contributed by atoms with Crippen molar-refractivity contribution in [2.45, 2.75) is 0 Å². The Morgan fingerprint density at radius 1 is 1.10 bits per heavy atom. The van der Waals surface area contributed by atoms with Crippen molar-refractivity contribution in [1.29, 1.82) is 0 Å². The van der Waals surface area contributed by atoms with Crippen molar-refractivity contribution in [1.82, 2.24) is 25.1 Å². The van der Waals surface area contributed by atoms with Crippen molar-refractivity contribution in [3.63, 3.8) is 0 Å². The van der Waals surface area contributed by atoms with Crippen LogP contribution in [0.3, 0.4) is 0 Å². The molecule has 0 bridgehead atoms. The summed E-state index contributed by atoms with van der Waals surface area (Å²) in [7, 11) is 0. The molecule has 7 heteroatoms. The monoisotopic (exact) mass is 278 g/mol. The van der Waals surface area contributed by atoms with Gasteiger partial charge in [-0.3, -0.25) is 9.89 Å². The lowest BCUT2D eigenvalue weighted by Crippen LogP contribution is -2.06. The average molecular weight is 278 g/mol. The van der Waals surface area contributed by atoms with Crippen LogP contribution in [0, 0.1) is 0 Å². The third kappa shape index (κ3) is 1.91. The van der Waals surface area contributed by atoms with Crippen LogP contribution in [0.4, 0.5) is 11.6 Å². The number of hydrogen-bond donors (Lipinski definition) is 3. The first-order chi connectivity index (χ1) is 10.3. The second kappa shape index (κ2) is 4.41. The van der Waals surface area contributed by atoms with Gasteiger partial charge in [-0.2, -0.15) is 5.10 Å². The second-order valence-corrected chi connectivity index (χ2v) is 4.55. The van der Waals surface area contributed by atoms with Gasteiger partial charge in [-0.15, -0.1) is 0 Å². The minimum atomic E-state index is -0.182. The van der Waals surface area contributed by atoms with Crippen molar-refractivity contribution >= 4 is 33.6 Å². The van der Waals surface area contributed by atoms with E-state index in [-0.39, 0.29) is 5.56 Å². The molecule has 0 aromatic carbocycles. The molecule has 0 fully saturated rings. The highest BCUT2D eigenvalue weighted by molar-refractivity contribution is 6.00. The summed E-state index contributed by atoms with van der Waals surface area (Å²) in [5.41, 5.74) is 1.75. The molecular formula is C14H10N6O. The van der Waals surface area contributed by atoms with E-state index in [1.54, 1.807) is 18.3 Å². The number of aromatic nitrogens is 5. The van der Waals surface area contributed by atoms with Crippen molar-refractivity contribution in [2.24, 2.45) is 0 Å². The zero-order valence-corrected chi connectivity index (χ0v) is 10.8. The summed E-state index contributed by atoms with van der Waals surface area (Å²) in [6.07, 6.45) is 3.20. The second-order valence-electron chi connectivity index (χ2n) is 4.55. The number of aromatic amines is 2. The number of rotatable bonds is 2. The molecule has 102 valence electrons. The lowest BCUT2D eigenvalue weighted by molar-refractivity contribution is 1.12. The summed E-state index contributed by atoms with van der Waals surface area (Å²) in [5, 5.41) is 10.3. The maximum atomic E-state index is 11.9. The van der Waals surface area contributed by atoms with Gasteiger partial charge in [0.05, 0.1) is 22.6 Å². The lowest BCUT2D eigenvalue weighted by atomic mass is 10.2. The Morgan fingerprint density at radius 3 is 2.90 bits per heavy atom. The van der Waals surface area contributed by atoms with Gasteiger partial charge in [-0.25, -0.2) is 9.97 Å². The molecule has 0 aliphatic rings. The smallest absolute Gasteiger partial charge is 0.259 e. The van der Waals surface area contributed by atoms with Gasteiger partial charge < -0.3 is 10.3 Å². The highest BCUT2D eigenvalue weighted by Crippen LogP contribution is 2.20. The topological polar surface area (TPSA) is 99.4 Å². The van der Waals surface area contributed by atoms with Crippen molar-refractivity contribution < 1.29 is 0 Å². The molecule has 0 unspecified atom stereocenters. The van der Waals surface area contributed by atoms with E-state index in [0.29, 0.717) is 33.6 Å². The van der Waals surface area contributed by atoms with Gasteiger partial charge in [0.15, 0.2) is 0 Å². The lowest BCUT2D eigenvalue weighted by Gasteiger charge is -2.06. The van der Waals surface area contributed by atoms with Crippen molar-refractivity contribution in [3.05, 3.63) is 53.1 Å². The number of anilines is 2. The summed E-state index contributed by atoms with van der Waals surface area (Å²) in [5.74, 6) is 1.35. The molecule has 7 nitrogen and oxygen atoms in total. The van der Waals surface area contributed by atoms with Crippen LogP contribution in [-0.2, 0) is 0 Å². The molecule has 0 atom stereocenters. The van der Waals surface area contributed by atoms with Crippen molar-refractivity contribution in [3.8, 4) is 0 Å². The number of nitrogens with zero attached hydrogens (tertiary/aromatic N) is 3. The van der Waals surface area contributed by atoms with E-state index in [1.165, 1.54) is 6.20 Å². The Bertz CT molecular complexity index is 989. The molecule has 0 spiro atoms. The van der Waals surface area contributed by atoms with Crippen LogP contribution in [0.2, 0.25) is 0 Å². The van der Waals surface area contributed by atoms with Crippen LogP contribution < -0.4 is 10.9 Å². The fourth-order valence-corrected chi connectivity index (χ4v) is 2.22. The molecule has 4 aromatic heterocycles. The highest BCUT2D eigenvalue weighted by Gasteiger charge is 2.09. The molecule has 4 aromatic rings. The van der Waals surface area contributed by atoms with E-state index in [2.05, 4.69) is 30.5 Å². The van der Waals surface area contributed by atoms with Crippen LogP contribution >= 0.6 is 0 Å². The predicted octanol–water partition coefficient (Wildman–Crippen LogP) is 1.94. The Morgan fingerprint density at radius 2 is 2.05 bits per heavy atom. The number of hydrogen-bond acceptors (Lipinski definition) is 5. The van der Waals surface area contributed by atoms with Crippen LogP contribution in [0.5, 0.6) is 0 Å². The fourth-order valence-electron chi connectivity index (χ4n) is 2.22. The van der Waals surface area contributed by atoms with E-state index in [1.807, 2.05) is 18.2 Å². The van der Waals surface area contributed by atoms with Gasteiger partial charge in [0.25, 0.3) is 5.56 Å². The zero-order valence-electron chi connectivity index (χ0n) is 10.8. The SMILES string of the molecule is O=c1[nH]c2ccc(Nc3ccccn3)nc2c2[nH]ncc12. The third-order valence-electron chi connectivity index (χ3n) is 3.19. The Hall–Kier alpha value is -3.22. The summed E-state index contributed by atoms with van der Waals surface area (Å²) in [6.45, 7) is 0. The van der Waals surface area contributed by atoms with E-state index >= 15 is 0 Å². The molecule has 4 rings (SSSR count). The first-order valence-corrected chi connectivity index (χ1v) is 6.35. The van der Waals surface area contributed by atoms with Gasteiger partial charge >= 0.3 is 0 Å². The fraction of sp³-hybridized carbons (Fsp3) is 0. The maximum absolute atomic E-state index is 11.9. The van der Waals surface area contributed by atoms with Gasteiger partial charge in [0, 0.05) is 6.20 Å². The Kier molecular flexibility index (Phi) is 2.43. The summed E-state index contributed by atoms with van der Waals surface area (Å²) in [6, 6.07) is 9.17. The van der Waals surface area contributed by atoms with Crippen LogP contribution in [-0.4, -0.2) is 25.1 Å². The van der Waals surface area contributed by atoms with Gasteiger partial charge in [0.1, 0.15) is 17.2 Å². The quantitative estimate of drug-likeness (QED) is 0.520. The molecule has 0 aliphatic heterocycles. The highest BCUT2D eigenvalue weighted by atomic mass is 16.1.